The normalized spacial score (nSPS) is 10.2. The van der Waals surface area contributed by atoms with E-state index in [9.17, 15) is 10.1 Å². The predicted octanol–water partition coefficient (Wildman–Crippen LogP) is 0.535. The second-order valence-corrected chi connectivity index (χ2v) is 3.42. The molecule has 0 bridgehead atoms. The highest BCUT2D eigenvalue weighted by atomic mass is 16.6. The number of rotatable bonds is 3. The third kappa shape index (κ3) is 2.35. The fraction of sp³-hybridized carbons (Fsp3) is 0. The summed E-state index contributed by atoms with van der Waals surface area (Å²) in [7, 11) is -1.76. The third-order valence-corrected chi connectivity index (χ3v) is 2.25. The van der Waals surface area contributed by atoms with Crippen molar-refractivity contribution in [3.8, 4) is 11.3 Å². The number of benzene rings is 1. The molecular weight excluding hydrogens is 225 g/mol. The Bertz CT molecular complexity index is 538. The Morgan fingerprint density at radius 2 is 2.06 bits per heavy atom. The minimum absolute atomic E-state index is 0.0469. The molecule has 0 amide bonds. The minimum atomic E-state index is -1.76. The molecule has 6 nitrogen and oxygen atoms in total. The van der Waals surface area contributed by atoms with Crippen LogP contribution < -0.4 is 5.46 Å². The van der Waals surface area contributed by atoms with Crippen LogP contribution in [0.25, 0.3) is 11.3 Å². The molecule has 1 heterocycles. The summed E-state index contributed by atoms with van der Waals surface area (Å²) in [5, 5.41) is 28.8. The maximum Gasteiger partial charge on any atom is 0.488 e. The van der Waals surface area contributed by atoms with E-state index in [1.165, 1.54) is 18.4 Å². The lowest BCUT2D eigenvalue weighted by Crippen LogP contribution is -2.30. The summed E-state index contributed by atoms with van der Waals surface area (Å²) in [6.45, 7) is 0. The maximum absolute atomic E-state index is 10.7. The molecule has 0 saturated heterocycles. The second kappa shape index (κ2) is 4.40. The van der Waals surface area contributed by atoms with Gasteiger partial charge in [0.15, 0.2) is 0 Å². The number of nitrogens with zero attached hydrogens (tertiary/aromatic N) is 1. The van der Waals surface area contributed by atoms with E-state index in [0.29, 0.717) is 11.3 Å². The van der Waals surface area contributed by atoms with E-state index in [2.05, 4.69) is 0 Å². The number of furan rings is 1. The van der Waals surface area contributed by atoms with Crippen LogP contribution in [0.5, 0.6) is 0 Å². The molecule has 0 aliphatic rings. The Morgan fingerprint density at radius 3 is 2.59 bits per heavy atom. The summed E-state index contributed by atoms with van der Waals surface area (Å²) in [5.41, 5.74) is 0.250. The van der Waals surface area contributed by atoms with Gasteiger partial charge in [-0.2, -0.15) is 0 Å². The first-order chi connectivity index (χ1) is 8.08. The molecule has 1 aromatic carbocycles. The molecule has 2 aromatic rings. The summed E-state index contributed by atoms with van der Waals surface area (Å²) in [6, 6.07) is 7.12. The van der Waals surface area contributed by atoms with Gasteiger partial charge in [-0.25, -0.2) is 0 Å². The molecule has 0 atom stereocenters. The van der Waals surface area contributed by atoms with Crippen LogP contribution in [-0.2, 0) is 0 Å². The molecular formula is C10H8BNO5. The van der Waals surface area contributed by atoms with Gasteiger partial charge in [-0.3, -0.25) is 10.1 Å². The van der Waals surface area contributed by atoms with Gasteiger partial charge in [-0.05, 0) is 17.6 Å². The van der Waals surface area contributed by atoms with E-state index >= 15 is 0 Å². The summed E-state index contributed by atoms with van der Waals surface area (Å²) in [6.07, 6.45) is 1.43. The van der Waals surface area contributed by atoms with Crippen molar-refractivity contribution < 1.29 is 19.4 Å². The largest absolute Gasteiger partial charge is 0.488 e. The molecule has 0 fully saturated rings. The van der Waals surface area contributed by atoms with Crippen molar-refractivity contribution in [3.05, 3.63) is 46.7 Å². The van der Waals surface area contributed by atoms with E-state index in [1.807, 2.05) is 0 Å². The van der Waals surface area contributed by atoms with Gasteiger partial charge in [0.2, 0.25) is 0 Å². The summed E-state index contributed by atoms with van der Waals surface area (Å²) in [5.74, 6) is 0.426. The fourth-order valence-electron chi connectivity index (χ4n) is 1.47. The van der Waals surface area contributed by atoms with Crippen molar-refractivity contribution in [2.75, 3.05) is 0 Å². The Kier molecular flexibility index (Phi) is 2.94. The van der Waals surface area contributed by atoms with Crippen molar-refractivity contribution in [3.63, 3.8) is 0 Å². The van der Waals surface area contributed by atoms with Crippen LogP contribution in [0.3, 0.4) is 0 Å². The first-order valence-corrected chi connectivity index (χ1v) is 4.77. The van der Waals surface area contributed by atoms with Gasteiger partial charge in [0.25, 0.3) is 5.69 Å². The average molecular weight is 233 g/mol. The molecule has 17 heavy (non-hydrogen) atoms. The van der Waals surface area contributed by atoms with E-state index in [-0.39, 0.29) is 11.2 Å². The van der Waals surface area contributed by atoms with Crippen LogP contribution >= 0.6 is 0 Å². The second-order valence-electron chi connectivity index (χ2n) is 3.42. The van der Waals surface area contributed by atoms with Gasteiger partial charge in [0.1, 0.15) is 5.76 Å². The Morgan fingerprint density at radius 1 is 1.29 bits per heavy atom. The van der Waals surface area contributed by atoms with Crippen molar-refractivity contribution in [1.29, 1.82) is 0 Å². The fourth-order valence-corrected chi connectivity index (χ4v) is 1.47. The van der Waals surface area contributed by atoms with Crippen LogP contribution in [0.2, 0.25) is 0 Å². The molecule has 0 aliphatic heterocycles. The van der Waals surface area contributed by atoms with Gasteiger partial charge in [-0.1, -0.05) is 6.07 Å². The molecule has 0 unspecified atom stereocenters. The number of hydrogen-bond donors (Lipinski definition) is 2. The molecule has 0 aliphatic carbocycles. The molecule has 0 radical (unpaired) electrons. The highest BCUT2D eigenvalue weighted by Gasteiger charge is 2.18. The van der Waals surface area contributed by atoms with Crippen LogP contribution in [0, 0.1) is 10.1 Å². The quantitative estimate of drug-likeness (QED) is 0.458. The van der Waals surface area contributed by atoms with E-state index in [0.717, 1.165) is 6.07 Å². The summed E-state index contributed by atoms with van der Waals surface area (Å²) < 4.78 is 5.10. The van der Waals surface area contributed by atoms with E-state index in [4.69, 9.17) is 14.5 Å². The predicted molar refractivity (Wildman–Crippen MR) is 60.6 cm³/mol. The zero-order valence-electron chi connectivity index (χ0n) is 8.61. The SMILES string of the molecule is O=[N+]([O-])c1cc(B(O)O)cc(-c2ccco2)c1. The van der Waals surface area contributed by atoms with Gasteiger partial charge in [0.05, 0.1) is 11.2 Å². The van der Waals surface area contributed by atoms with Crippen molar-refractivity contribution >= 4 is 18.3 Å². The lowest BCUT2D eigenvalue weighted by Gasteiger charge is -2.03. The standard InChI is InChI=1S/C10H8BNO5/c13-11(14)8-4-7(10-2-1-3-17-10)5-9(6-8)12(15)16/h1-6,13-14H. The number of nitro benzene ring substituents is 1. The zero-order valence-corrected chi connectivity index (χ0v) is 8.61. The highest BCUT2D eigenvalue weighted by Crippen LogP contribution is 2.23. The molecule has 2 rings (SSSR count). The summed E-state index contributed by atoms with van der Waals surface area (Å²) in [4.78, 5) is 10.1. The molecule has 7 heteroatoms. The Balaban J connectivity index is 2.56. The van der Waals surface area contributed by atoms with Crippen molar-refractivity contribution in [1.82, 2.24) is 0 Å². The smallest absolute Gasteiger partial charge is 0.464 e. The van der Waals surface area contributed by atoms with Crippen LogP contribution in [0.15, 0.2) is 41.0 Å². The first-order valence-electron chi connectivity index (χ1n) is 4.77. The molecule has 0 spiro atoms. The van der Waals surface area contributed by atoms with Gasteiger partial charge in [0, 0.05) is 17.7 Å². The molecule has 1 aromatic heterocycles. The monoisotopic (exact) mass is 233 g/mol. The van der Waals surface area contributed by atoms with Gasteiger partial charge < -0.3 is 14.5 Å². The molecule has 2 N–H and O–H groups in total. The maximum atomic E-state index is 10.7. The van der Waals surface area contributed by atoms with Crippen LogP contribution in [-0.4, -0.2) is 22.1 Å². The Labute approximate surface area is 96.4 Å². The topological polar surface area (TPSA) is 96.7 Å². The molecule has 86 valence electrons. The number of hydrogen-bond acceptors (Lipinski definition) is 5. The van der Waals surface area contributed by atoms with Gasteiger partial charge in [-0.15, -0.1) is 0 Å². The minimum Gasteiger partial charge on any atom is -0.464 e. The summed E-state index contributed by atoms with van der Waals surface area (Å²) >= 11 is 0. The number of nitro groups is 1. The third-order valence-electron chi connectivity index (χ3n) is 2.25. The first kappa shape index (κ1) is 11.4. The van der Waals surface area contributed by atoms with Crippen LogP contribution in [0.1, 0.15) is 0 Å². The van der Waals surface area contributed by atoms with Crippen molar-refractivity contribution in [2.45, 2.75) is 0 Å². The van der Waals surface area contributed by atoms with E-state index in [1.54, 1.807) is 12.1 Å². The zero-order chi connectivity index (χ0) is 12.4. The molecule has 0 saturated carbocycles. The highest BCUT2D eigenvalue weighted by molar-refractivity contribution is 6.58. The average Bonchev–Trinajstić information content (AvgIpc) is 2.81. The van der Waals surface area contributed by atoms with Crippen molar-refractivity contribution in [2.24, 2.45) is 0 Å². The lowest BCUT2D eigenvalue weighted by atomic mass is 9.79. The van der Waals surface area contributed by atoms with Gasteiger partial charge >= 0.3 is 7.12 Å². The lowest BCUT2D eigenvalue weighted by molar-refractivity contribution is -0.384. The van der Waals surface area contributed by atoms with Crippen LogP contribution in [0.4, 0.5) is 5.69 Å². The van der Waals surface area contributed by atoms with E-state index < -0.39 is 12.0 Å². The number of non-ortho nitro benzene ring substituents is 1. The Hall–Kier alpha value is -2.12.